The number of hydrogen-bond donors (Lipinski definition) is 3. The van der Waals surface area contributed by atoms with Gasteiger partial charge in [-0.15, -0.1) is 0 Å². The van der Waals surface area contributed by atoms with E-state index in [4.69, 9.17) is 27.7 Å². The molecule has 2 aliphatic heterocycles. The monoisotopic (exact) mass is 560 g/mol. The van der Waals surface area contributed by atoms with E-state index in [1.165, 1.54) is 0 Å². The average Bonchev–Trinajstić information content (AvgIpc) is 3.51. The number of benzene rings is 2. The smallest absolute Gasteiger partial charge is 0.286 e. The molecule has 2 aliphatic rings. The summed E-state index contributed by atoms with van der Waals surface area (Å²) in [6, 6.07) is 15.4. The maximum atomic E-state index is 11.8. The second kappa shape index (κ2) is 11.4. The van der Waals surface area contributed by atoms with Gasteiger partial charge in [-0.1, -0.05) is 58.3 Å². The zero-order valence-electron chi connectivity index (χ0n) is 19.8. The lowest BCUT2D eigenvalue weighted by atomic mass is 10.0. The molecule has 3 aromatic rings. The van der Waals surface area contributed by atoms with Crippen molar-refractivity contribution in [2.24, 2.45) is 0 Å². The van der Waals surface area contributed by atoms with E-state index in [0.29, 0.717) is 34.5 Å². The van der Waals surface area contributed by atoms with E-state index in [9.17, 15) is 14.7 Å². The number of piperidine rings is 1. The Kier molecular flexibility index (Phi) is 8.07. The van der Waals surface area contributed by atoms with Crippen LogP contribution in [0.25, 0.3) is 11.3 Å². The summed E-state index contributed by atoms with van der Waals surface area (Å²) in [5, 5.41) is 20.7. The minimum Gasteiger partial charge on any atom is -0.384 e. The lowest BCUT2D eigenvalue weighted by Crippen LogP contribution is -2.43. The van der Waals surface area contributed by atoms with Gasteiger partial charge < -0.3 is 19.8 Å². The molecular formula is C26H26Cl2N4O4S. The molecule has 0 radical (unpaired) electrons. The molecule has 5 rings (SSSR count). The molecule has 3 N–H and O–H groups in total. The summed E-state index contributed by atoms with van der Waals surface area (Å²) < 4.78 is 5.36. The van der Waals surface area contributed by atoms with Crippen LogP contribution in [0.15, 0.2) is 53.1 Å². The van der Waals surface area contributed by atoms with E-state index in [0.717, 1.165) is 54.5 Å². The molecule has 2 amide bonds. The molecule has 0 spiro atoms. The first-order valence-electron chi connectivity index (χ1n) is 12.0. The Bertz CT molecular complexity index is 1280. The molecule has 2 atom stereocenters. The molecule has 8 nitrogen and oxygen atoms in total. The maximum absolute atomic E-state index is 11.8. The molecular weight excluding hydrogens is 535 g/mol. The van der Waals surface area contributed by atoms with E-state index >= 15 is 0 Å². The number of aliphatic hydroxyl groups is 1. The summed E-state index contributed by atoms with van der Waals surface area (Å²) in [5.41, 5.74) is 3.53. The van der Waals surface area contributed by atoms with Crippen molar-refractivity contribution in [2.45, 2.75) is 36.7 Å². The zero-order chi connectivity index (χ0) is 25.9. The number of imide groups is 1. The second-order valence-electron chi connectivity index (χ2n) is 9.18. The van der Waals surface area contributed by atoms with Crippen LogP contribution >= 0.6 is 35.0 Å². The Morgan fingerprint density at radius 2 is 1.86 bits per heavy atom. The van der Waals surface area contributed by atoms with Gasteiger partial charge in [-0.25, -0.2) is 0 Å². The molecule has 11 heteroatoms. The number of anilines is 1. The summed E-state index contributed by atoms with van der Waals surface area (Å²) in [6.45, 7) is 2.16. The number of nitrogens with one attached hydrogen (secondary N) is 2. The van der Waals surface area contributed by atoms with Crippen molar-refractivity contribution >= 4 is 51.8 Å². The summed E-state index contributed by atoms with van der Waals surface area (Å²) in [6.07, 6.45) is 1.61. The number of aromatic nitrogens is 1. The Morgan fingerprint density at radius 1 is 1.11 bits per heavy atom. The molecule has 3 heterocycles. The quantitative estimate of drug-likeness (QED) is 0.359. The number of amides is 2. The normalized spacial score (nSPS) is 19.3. The molecule has 2 aromatic carbocycles. The predicted molar refractivity (Wildman–Crippen MR) is 145 cm³/mol. The topological polar surface area (TPSA) is 108 Å². The number of aliphatic hydroxyl groups excluding tert-OH is 1. The maximum Gasteiger partial charge on any atom is 0.286 e. The van der Waals surface area contributed by atoms with Gasteiger partial charge in [-0.05, 0) is 49.1 Å². The summed E-state index contributed by atoms with van der Waals surface area (Å²) >= 11 is 13.1. The lowest BCUT2D eigenvalue weighted by molar-refractivity contribution is -0.118. The van der Waals surface area contributed by atoms with E-state index in [1.807, 2.05) is 12.1 Å². The average molecular weight is 561 g/mol. The van der Waals surface area contributed by atoms with E-state index < -0.39 is 6.10 Å². The fraction of sp³-hybridized carbons (Fsp3) is 0.346. The Balaban J connectivity index is 1.08. The first-order chi connectivity index (χ1) is 17.9. The highest BCUT2D eigenvalue weighted by molar-refractivity contribution is 8.15. The molecule has 0 saturated carbocycles. The van der Waals surface area contributed by atoms with Crippen LogP contribution in [0.4, 0.5) is 10.5 Å². The second-order valence-corrected chi connectivity index (χ2v) is 11.2. The number of thioether (sulfide) groups is 1. The van der Waals surface area contributed by atoms with Crippen LogP contribution in [0.2, 0.25) is 10.0 Å². The van der Waals surface area contributed by atoms with Crippen LogP contribution in [-0.4, -0.2) is 52.3 Å². The van der Waals surface area contributed by atoms with Gasteiger partial charge >= 0.3 is 0 Å². The molecule has 1 unspecified atom stereocenters. The van der Waals surface area contributed by atoms with Crippen molar-refractivity contribution in [2.75, 3.05) is 24.5 Å². The number of nitrogens with zero attached hydrogens (tertiary/aromatic N) is 2. The van der Waals surface area contributed by atoms with Crippen LogP contribution in [0.5, 0.6) is 0 Å². The van der Waals surface area contributed by atoms with Crippen molar-refractivity contribution in [3.63, 3.8) is 0 Å². The fourth-order valence-corrected chi connectivity index (χ4v) is 5.70. The van der Waals surface area contributed by atoms with Gasteiger partial charge in [0.2, 0.25) is 5.91 Å². The van der Waals surface area contributed by atoms with Gasteiger partial charge in [0.15, 0.2) is 5.76 Å². The molecule has 2 saturated heterocycles. The van der Waals surface area contributed by atoms with Crippen LogP contribution in [0.3, 0.4) is 0 Å². The Morgan fingerprint density at radius 3 is 2.54 bits per heavy atom. The molecule has 0 bridgehead atoms. The van der Waals surface area contributed by atoms with Gasteiger partial charge in [0, 0.05) is 43.0 Å². The van der Waals surface area contributed by atoms with E-state index in [1.54, 1.807) is 24.3 Å². The number of halogens is 2. The predicted octanol–water partition coefficient (Wildman–Crippen LogP) is 4.83. The summed E-state index contributed by atoms with van der Waals surface area (Å²) in [4.78, 5) is 25.5. The lowest BCUT2D eigenvalue weighted by Gasteiger charge is -2.34. The number of hydrogen-bond acceptors (Lipinski definition) is 8. The SMILES string of the molecule is O=C1NC(=O)C(Cc2ccc(N3CCC(NC[C@H](O)c4cc(-c5ccc(Cl)c(Cl)c5)no4)CC3)cc2)S1. The minimum absolute atomic E-state index is 0.214. The molecule has 2 fully saturated rings. The number of rotatable bonds is 8. The van der Waals surface area contributed by atoms with Crippen LogP contribution in [0.1, 0.15) is 30.3 Å². The minimum atomic E-state index is -0.815. The van der Waals surface area contributed by atoms with Gasteiger partial charge in [-0.2, -0.15) is 0 Å². The first-order valence-corrected chi connectivity index (χ1v) is 13.7. The number of carbonyl (C=O) groups excluding carboxylic acids is 2. The fourth-order valence-electron chi connectivity index (χ4n) is 4.54. The van der Waals surface area contributed by atoms with Crippen molar-refractivity contribution < 1.29 is 19.2 Å². The zero-order valence-corrected chi connectivity index (χ0v) is 22.2. The van der Waals surface area contributed by atoms with Gasteiger partial charge in [0.25, 0.3) is 5.24 Å². The molecule has 1 aromatic heterocycles. The Hall–Kier alpha value is -2.56. The van der Waals surface area contributed by atoms with Crippen LogP contribution in [-0.2, 0) is 11.2 Å². The van der Waals surface area contributed by atoms with E-state index in [2.05, 4.69) is 32.8 Å². The largest absolute Gasteiger partial charge is 0.384 e. The van der Waals surface area contributed by atoms with Gasteiger partial charge in [-0.3, -0.25) is 14.9 Å². The standard InChI is InChI=1S/C26H26Cl2N4O4S/c27-19-6-3-16(12-20(19)28)21-13-23(36-31-21)22(33)14-29-17-7-9-32(10-8-17)18-4-1-15(2-5-18)11-24-25(34)30-26(35)37-24/h1-6,12-13,17,22,24,29,33H,7-11,14H2,(H,30,34,35)/t22-,24?/m0/s1. The summed E-state index contributed by atoms with van der Waals surface area (Å²) in [5.74, 6) is 0.179. The molecule has 37 heavy (non-hydrogen) atoms. The highest BCUT2D eigenvalue weighted by Crippen LogP contribution is 2.30. The van der Waals surface area contributed by atoms with Crippen LogP contribution in [0, 0.1) is 0 Å². The highest BCUT2D eigenvalue weighted by atomic mass is 35.5. The third-order valence-corrected chi connectivity index (χ3v) is 8.38. The first kappa shape index (κ1) is 26.1. The van der Waals surface area contributed by atoms with Crippen molar-refractivity contribution in [3.8, 4) is 11.3 Å². The van der Waals surface area contributed by atoms with Crippen molar-refractivity contribution in [3.05, 3.63) is 69.9 Å². The summed E-state index contributed by atoms with van der Waals surface area (Å²) in [7, 11) is 0. The van der Waals surface area contributed by atoms with Gasteiger partial charge in [0.05, 0.1) is 15.3 Å². The third-order valence-electron chi connectivity index (χ3n) is 6.66. The molecule has 0 aliphatic carbocycles. The van der Waals surface area contributed by atoms with Crippen LogP contribution < -0.4 is 15.5 Å². The highest BCUT2D eigenvalue weighted by Gasteiger charge is 2.31. The van der Waals surface area contributed by atoms with Crippen molar-refractivity contribution in [1.29, 1.82) is 0 Å². The third kappa shape index (κ3) is 6.30. The van der Waals surface area contributed by atoms with E-state index in [-0.39, 0.29) is 22.4 Å². The molecule has 194 valence electrons. The number of carbonyl (C=O) groups is 2. The van der Waals surface area contributed by atoms with Gasteiger partial charge in [0.1, 0.15) is 11.8 Å². The Labute approximate surface area is 228 Å². The van der Waals surface area contributed by atoms with Crippen molar-refractivity contribution in [1.82, 2.24) is 15.8 Å².